The van der Waals surface area contributed by atoms with Crippen LogP contribution in [0.15, 0.2) is 67.0 Å². The summed E-state index contributed by atoms with van der Waals surface area (Å²) < 4.78 is 5.35. The number of pyridine rings is 1. The number of nitrogens with zero attached hydrogens (tertiary/aromatic N) is 1. The Labute approximate surface area is 134 Å². The zero-order valence-electron chi connectivity index (χ0n) is 12.6. The van der Waals surface area contributed by atoms with Crippen molar-refractivity contribution < 1.29 is 14.6 Å². The first-order valence-electron chi connectivity index (χ1n) is 7.11. The average Bonchev–Trinajstić information content (AvgIpc) is 2.62. The van der Waals surface area contributed by atoms with Crippen LogP contribution in [0.3, 0.4) is 0 Å². The highest BCUT2D eigenvalue weighted by molar-refractivity contribution is 5.88. The zero-order chi connectivity index (χ0) is 16.2. The molecule has 0 atom stereocenters. The van der Waals surface area contributed by atoms with Crippen molar-refractivity contribution in [2.45, 2.75) is 0 Å². The number of ether oxygens (including phenoxy) is 1. The third-order valence-corrected chi connectivity index (χ3v) is 3.66. The number of hydrogen-bond acceptors (Lipinski definition) is 3. The molecule has 0 unspecified atom stereocenters. The van der Waals surface area contributed by atoms with Gasteiger partial charge in [-0.1, -0.05) is 36.4 Å². The number of carbonyl (C=O) groups is 1. The summed E-state index contributed by atoms with van der Waals surface area (Å²) in [6, 6.07) is 16.7. The second-order valence-electron chi connectivity index (χ2n) is 5.04. The molecule has 2 aromatic carbocycles. The van der Waals surface area contributed by atoms with Crippen LogP contribution in [0.4, 0.5) is 0 Å². The monoisotopic (exact) mass is 305 g/mol. The maximum Gasteiger partial charge on any atom is 0.335 e. The Morgan fingerprint density at radius 1 is 0.913 bits per heavy atom. The summed E-state index contributed by atoms with van der Waals surface area (Å²) >= 11 is 0. The number of carboxylic acid groups (broad SMARTS) is 1. The first-order chi connectivity index (χ1) is 11.2. The van der Waals surface area contributed by atoms with Crippen LogP contribution in [0.5, 0.6) is 5.75 Å². The fourth-order valence-electron chi connectivity index (χ4n) is 2.42. The fraction of sp³-hybridized carbons (Fsp3) is 0.0526. The SMILES string of the molecule is COc1ccncc1-c1ccc(-c2ccc(C(=O)O)cc2)cc1. The molecule has 0 bridgehead atoms. The molecule has 1 N–H and O–H groups in total. The summed E-state index contributed by atoms with van der Waals surface area (Å²) in [6.45, 7) is 0. The molecule has 3 rings (SSSR count). The van der Waals surface area contributed by atoms with E-state index in [1.165, 1.54) is 0 Å². The van der Waals surface area contributed by atoms with E-state index in [-0.39, 0.29) is 5.56 Å². The van der Waals surface area contributed by atoms with Gasteiger partial charge in [-0.2, -0.15) is 0 Å². The lowest BCUT2D eigenvalue weighted by Gasteiger charge is -2.09. The predicted molar refractivity (Wildman–Crippen MR) is 88.6 cm³/mol. The van der Waals surface area contributed by atoms with Crippen LogP contribution in [0, 0.1) is 0 Å². The van der Waals surface area contributed by atoms with Crippen molar-refractivity contribution in [3.8, 4) is 28.0 Å². The van der Waals surface area contributed by atoms with Crippen molar-refractivity contribution in [3.63, 3.8) is 0 Å². The Bertz CT molecular complexity index is 824. The van der Waals surface area contributed by atoms with Crippen molar-refractivity contribution in [1.82, 2.24) is 4.98 Å². The summed E-state index contributed by atoms with van der Waals surface area (Å²) in [7, 11) is 1.64. The van der Waals surface area contributed by atoms with Gasteiger partial charge in [0.25, 0.3) is 0 Å². The van der Waals surface area contributed by atoms with Crippen LogP contribution in [0.1, 0.15) is 10.4 Å². The maximum absolute atomic E-state index is 10.9. The van der Waals surface area contributed by atoms with E-state index >= 15 is 0 Å². The first-order valence-corrected chi connectivity index (χ1v) is 7.11. The topological polar surface area (TPSA) is 59.4 Å². The third kappa shape index (κ3) is 3.06. The summed E-state index contributed by atoms with van der Waals surface area (Å²) in [4.78, 5) is 15.0. The van der Waals surface area contributed by atoms with Crippen LogP contribution in [-0.4, -0.2) is 23.2 Å². The molecule has 3 aromatic rings. The van der Waals surface area contributed by atoms with Crippen molar-refractivity contribution in [2.24, 2.45) is 0 Å². The fourth-order valence-corrected chi connectivity index (χ4v) is 2.42. The van der Waals surface area contributed by atoms with E-state index in [1.54, 1.807) is 31.6 Å². The van der Waals surface area contributed by atoms with Crippen LogP contribution in [0.25, 0.3) is 22.3 Å². The number of carboxylic acids is 1. The molecule has 0 aliphatic carbocycles. The van der Waals surface area contributed by atoms with Gasteiger partial charge in [0.15, 0.2) is 0 Å². The van der Waals surface area contributed by atoms with Gasteiger partial charge < -0.3 is 9.84 Å². The molecule has 114 valence electrons. The molecular weight excluding hydrogens is 290 g/mol. The molecule has 0 saturated carbocycles. The zero-order valence-corrected chi connectivity index (χ0v) is 12.6. The summed E-state index contributed by atoms with van der Waals surface area (Å²) in [6.07, 6.45) is 3.47. The lowest BCUT2D eigenvalue weighted by atomic mass is 10.00. The van der Waals surface area contributed by atoms with Gasteiger partial charge in [-0.15, -0.1) is 0 Å². The van der Waals surface area contributed by atoms with Crippen molar-refractivity contribution in [1.29, 1.82) is 0 Å². The van der Waals surface area contributed by atoms with Gasteiger partial charge in [0.2, 0.25) is 0 Å². The smallest absolute Gasteiger partial charge is 0.335 e. The first kappa shape index (κ1) is 14.8. The number of aromatic carboxylic acids is 1. The second-order valence-corrected chi connectivity index (χ2v) is 5.04. The molecule has 0 aliphatic heterocycles. The highest BCUT2D eigenvalue weighted by atomic mass is 16.5. The second kappa shape index (κ2) is 6.32. The minimum Gasteiger partial charge on any atom is -0.496 e. The molecule has 0 radical (unpaired) electrons. The van der Waals surface area contributed by atoms with Crippen LogP contribution in [-0.2, 0) is 0 Å². The predicted octanol–water partition coefficient (Wildman–Crippen LogP) is 4.12. The Kier molecular flexibility index (Phi) is 4.06. The van der Waals surface area contributed by atoms with E-state index in [0.717, 1.165) is 28.0 Å². The van der Waals surface area contributed by atoms with Crippen molar-refractivity contribution in [3.05, 3.63) is 72.6 Å². The van der Waals surface area contributed by atoms with Crippen molar-refractivity contribution >= 4 is 5.97 Å². The number of hydrogen-bond donors (Lipinski definition) is 1. The van der Waals surface area contributed by atoms with E-state index in [2.05, 4.69) is 4.98 Å². The van der Waals surface area contributed by atoms with E-state index in [0.29, 0.717) is 0 Å². The van der Waals surface area contributed by atoms with E-state index in [1.807, 2.05) is 42.5 Å². The molecular formula is C19H15NO3. The minimum absolute atomic E-state index is 0.283. The molecule has 1 aromatic heterocycles. The van der Waals surface area contributed by atoms with Gasteiger partial charge in [0, 0.05) is 18.0 Å². The third-order valence-electron chi connectivity index (χ3n) is 3.66. The van der Waals surface area contributed by atoms with E-state index < -0.39 is 5.97 Å². The number of aromatic nitrogens is 1. The molecule has 0 amide bonds. The highest BCUT2D eigenvalue weighted by Crippen LogP contribution is 2.30. The van der Waals surface area contributed by atoms with Crippen molar-refractivity contribution in [2.75, 3.05) is 7.11 Å². The Hall–Kier alpha value is -3.14. The normalized spacial score (nSPS) is 10.3. The van der Waals surface area contributed by atoms with Gasteiger partial charge in [-0.3, -0.25) is 4.98 Å². The van der Waals surface area contributed by atoms with E-state index in [4.69, 9.17) is 9.84 Å². The Morgan fingerprint density at radius 2 is 1.48 bits per heavy atom. The summed E-state index contributed by atoms with van der Waals surface area (Å²) in [5.74, 6) is -0.144. The summed E-state index contributed by atoms with van der Waals surface area (Å²) in [5.41, 5.74) is 4.22. The number of methoxy groups -OCH3 is 1. The minimum atomic E-state index is -0.921. The Morgan fingerprint density at radius 3 is 2.04 bits per heavy atom. The lowest BCUT2D eigenvalue weighted by Crippen LogP contribution is -1.94. The molecule has 23 heavy (non-hydrogen) atoms. The van der Waals surface area contributed by atoms with Gasteiger partial charge in [0.05, 0.1) is 12.7 Å². The van der Waals surface area contributed by atoms with Crippen LogP contribution < -0.4 is 4.74 Å². The molecule has 0 spiro atoms. The summed E-state index contributed by atoms with van der Waals surface area (Å²) in [5, 5.41) is 8.94. The van der Waals surface area contributed by atoms with Crippen LogP contribution in [0.2, 0.25) is 0 Å². The molecule has 0 aliphatic rings. The molecule has 4 nitrogen and oxygen atoms in total. The van der Waals surface area contributed by atoms with E-state index in [9.17, 15) is 4.79 Å². The number of rotatable bonds is 4. The van der Waals surface area contributed by atoms with Gasteiger partial charge in [-0.25, -0.2) is 4.79 Å². The van der Waals surface area contributed by atoms with Gasteiger partial charge >= 0.3 is 5.97 Å². The lowest BCUT2D eigenvalue weighted by molar-refractivity contribution is 0.0697. The standard InChI is InChI=1S/C19H15NO3/c1-23-18-10-11-20-12-17(18)15-6-2-13(3-7-15)14-4-8-16(9-5-14)19(21)22/h2-12H,1H3,(H,21,22). The van der Waals surface area contributed by atoms with Crippen LogP contribution >= 0.6 is 0 Å². The van der Waals surface area contributed by atoms with Gasteiger partial charge in [-0.05, 0) is 34.9 Å². The van der Waals surface area contributed by atoms with Gasteiger partial charge in [0.1, 0.15) is 5.75 Å². The quantitative estimate of drug-likeness (QED) is 0.787. The Balaban J connectivity index is 1.91. The number of benzene rings is 2. The highest BCUT2D eigenvalue weighted by Gasteiger charge is 2.07. The molecule has 1 heterocycles. The molecule has 0 fully saturated rings. The largest absolute Gasteiger partial charge is 0.496 e. The molecule has 0 saturated heterocycles. The average molecular weight is 305 g/mol. The molecule has 4 heteroatoms. The maximum atomic E-state index is 10.9.